The third kappa shape index (κ3) is 3.75. The van der Waals surface area contributed by atoms with Gasteiger partial charge < -0.3 is 10.1 Å². The zero-order valence-corrected chi connectivity index (χ0v) is 18.4. The standard InChI is InChI=1S/C25H27FN2O5/c1-2-3-4-19(25(32)33-12-20(29)27-14-7-5-13(26)6-8-14)28-23(30)21-15-9-10-16(18-11-17(15)18)22(21)24(28)31/h5-10,15-19,21-22H,2-4,11-12H2,1H3,(H,27,29)/t15-,16-,17-,18+,19+,21+,22-/m1/s1. The second-order valence-corrected chi connectivity index (χ2v) is 9.52. The van der Waals surface area contributed by atoms with Gasteiger partial charge >= 0.3 is 5.97 Å². The van der Waals surface area contributed by atoms with Crippen molar-refractivity contribution < 1.29 is 28.3 Å². The summed E-state index contributed by atoms with van der Waals surface area (Å²) in [5.41, 5.74) is 0.371. The van der Waals surface area contributed by atoms with Gasteiger partial charge in [0.25, 0.3) is 5.91 Å². The largest absolute Gasteiger partial charge is 0.454 e. The van der Waals surface area contributed by atoms with E-state index >= 15 is 0 Å². The fraction of sp³-hybridized carbons (Fsp3) is 0.520. The summed E-state index contributed by atoms with van der Waals surface area (Å²) in [6.07, 6.45) is 6.99. The van der Waals surface area contributed by atoms with Crippen molar-refractivity contribution in [1.29, 1.82) is 0 Å². The van der Waals surface area contributed by atoms with E-state index in [1.54, 1.807) is 0 Å². The lowest BCUT2D eigenvalue weighted by Gasteiger charge is -2.37. The molecule has 0 spiro atoms. The van der Waals surface area contributed by atoms with Gasteiger partial charge in [-0.1, -0.05) is 31.9 Å². The van der Waals surface area contributed by atoms with Crippen LogP contribution in [0.25, 0.3) is 0 Å². The van der Waals surface area contributed by atoms with E-state index < -0.39 is 30.3 Å². The molecule has 3 amide bonds. The molecule has 1 aliphatic heterocycles. The predicted molar refractivity (Wildman–Crippen MR) is 116 cm³/mol. The van der Waals surface area contributed by atoms with Crippen molar-refractivity contribution in [1.82, 2.24) is 4.90 Å². The highest BCUT2D eigenvalue weighted by molar-refractivity contribution is 6.09. The zero-order chi connectivity index (χ0) is 23.3. The lowest BCUT2D eigenvalue weighted by Crippen LogP contribution is -2.47. The molecule has 1 heterocycles. The number of rotatable bonds is 8. The first-order valence-electron chi connectivity index (χ1n) is 11.7. The Morgan fingerprint density at radius 1 is 1.09 bits per heavy atom. The van der Waals surface area contributed by atoms with Crippen molar-refractivity contribution in [3.63, 3.8) is 0 Å². The summed E-state index contributed by atoms with van der Waals surface area (Å²) >= 11 is 0. The Balaban J connectivity index is 1.27. The highest BCUT2D eigenvalue weighted by atomic mass is 19.1. The summed E-state index contributed by atoms with van der Waals surface area (Å²) in [5.74, 6) is -1.95. The van der Waals surface area contributed by atoms with Crippen LogP contribution in [0.15, 0.2) is 36.4 Å². The van der Waals surface area contributed by atoms with Crippen molar-refractivity contribution in [2.45, 2.75) is 38.6 Å². The van der Waals surface area contributed by atoms with Gasteiger partial charge in [-0.3, -0.25) is 19.3 Å². The number of hydrogen-bond donors (Lipinski definition) is 1. The van der Waals surface area contributed by atoms with Crippen LogP contribution in [0.4, 0.5) is 10.1 Å². The molecule has 8 heteroatoms. The van der Waals surface area contributed by atoms with Crippen LogP contribution >= 0.6 is 0 Å². The number of unbranched alkanes of at least 4 members (excludes halogenated alkanes) is 1. The van der Waals surface area contributed by atoms with Gasteiger partial charge in [0.15, 0.2) is 6.61 Å². The molecule has 2 saturated carbocycles. The monoisotopic (exact) mass is 454 g/mol. The Labute approximate surface area is 191 Å². The average Bonchev–Trinajstić information content (AvgIpc) is 3.59. The summed E-state index contributed by atoms with van der Waals surface area (Å²) in [6, 6.07) is 4.19. The van der Waals surface area contributed by atoms with Gasteiger partial charge in [-0.05, 0) is 60.8 Å². The van der Waals surface area contributed by atoms with Crippen molar-refractivity contribution in [2.75, 3.05) is 11.9 Å². The minimum absolute atomic E-state index is 0.0794. The number of esters is 1. The molecule has 33 heavy (non-hydrogen) atoms. The van der Waals surface area contributed by atoms with E-state index in [4.69, 9.17) is 4.74 Å². The number of anilines is 1. The number of imide groups is 1. The third-order valence-corrected chi connectivity index (χ3v) is 7.59. The van der Waals surface area contributed by atoms with E-state index in [-0.39, 0.29) is 35.5 Å². The summed E-state index contributed by atoms with van der Waals surface area (Å²) in [4.78, 5) is 53.1. The fourth-order valence-corrected chi connectivity index (χ4v) is 6.00. The van der Waals surface area contributed by atoms with Crippen LogP contribution < -0.4 is 5.32 Å². The summed E-state index contributed by atoms with van der Waals surface area (Å²) in [6.45, 7) is 1.41. The van der Waals surface area contributed by atoms with Crippen molar-refractivity contribution in [2.24, 2.45) is 35.5 Å². The number of halogens is 1. The number of benzene rings is 1. The second kappa shape index (κ2) is 8.39. The van der Waals surface area contributed by atoms with Crippen LogP contribution in [-0.2, 0) is 23.9 Å². The number of carbonyl (C=O) groups is 4. The summed E-state index contributed by atoms with van der Waals surface area (Å²) in [7, 11) is 0. The third-order valence-electron chi connectivity index (χ3n) is 7.59. The maximum Gasteiger partial charge on any atom is 0.329 e. The first kappa shape index (κ1) is 21.8. The van der Waals surface area contributed by atoms with E-state index in [9.17, 15) is 23.6 Å². The molecule has 6 rings (SSSR count). The molecular weight excluding hydrogens is 427 g/mol. The van der Waals surface area contributed by atoms with Gasteiger partial charge in [0.2, 0.25) is 11.8 Å². The Morgan fingerprint density at radius 3 is 2.27 bits per heavy atom. The minimum atomic E-state index is -1.02. The van der Waals surface area contributed by atoms with Crippen LogP contribution in [0.1, 0.15) is 32.6 Å². The van der Waals surface area contributed by atoms with Gasteiger partial charge in [0.1, 0.15) is 11.9 Å². The van der Waals surface area contributed by atoms with Crippen LogP contribution in [0.5, 0.6) is 0 Å². The number of nitrogens with zero attached hydrogens (tertiary/aromatic N) is 1. The number of hydrogen-bond acceptors (Lipinski definition) is 5. The predicted octanol–water partition coefficient (Wildman–Crippen LogP) is 2.92. The fourth-order valence-electron chi connectivity index (χ4n) is 6.00. The van der Waals surface area contributed by atoms with Crippen LogP contribution in [0, 0.1) is 41.3 Å². The first-order valence-corrected chi connectivity index (χ1v) is 11.7. The molecule has 7 atom stereocenters. The number of nitrogens with one attached hydrogen (secondary N) is 1. The molecule has 4 aliphatic carbocycles. The van der Waals surface area contributed by atoms with Gasteiger partial charge in [0, 0.05) is 5.69 Å². The topological polar surface area (TPSA) is 92.8 Å². The normalized spacial score (nSPS) is 31.8. The highest BCUT2D eigenvalue weighted by Gasteiger charge is 2.67. The number of likely N-dealkylation sites (tertiary alicyclic amines) is 1. The van der Waals surface area contributed by atoms with Crippen molar-refractivity contribution in [3.05, 3.63) is 42.2 Å². The molecule has 5 aliphatic rings. The molecule has 3 fully saturated rings. The van der Waals surface area contributed by atoms with Gasteiger partial charge in [-0.25, -0.2) is 9.18 Å². The Bertz CT molecular complexity index is 986. The smallest absolute Gasteiger partial charge is 0.329 e. The molecule has 0 unspecified atom stereocenters. The van der Waals surface area contributed by atoms with Crippen LogP contribution in [0.2, 0.25) is 0 Å². The lowest BCUT2D eigenvalue weighted by atomic mass is 9.63. The van der Waals surface area contributed by atoms with Crippen molar-refractivity contribution in [3.8, 4) is 0 Å². The van der Waals surface area contributed by atoms with Gasteiger partial charge in [-0.15, -0.1) is 0 Å². The quantitative estimate of drug-likeness (QED) is 0.370. The van der Waals surface area contributed by atoms with E-state index in [0.717, 1.165) is 17.7 Å². The van der Waals surface area contributed by atoms with Crippen LogP contribution in [0.3, 0.4) is 0 Å². The lowest BCUT2D eigenvalue weighted by molar-refractivity contribution is -0.160. The maximum absolute atomic E-state index is 13.4. The Hall–Kier alpha value is -3.03. The number of allylic oxidation sites excluding steroid dienone is 2. The molecule has 0 radical (unpaired) electrons. The molecule has 0 aromatic heterocycles. The van der Waals surface area contributed by atoms with E-state index in [1.807, 2.05) is 6.92 Å². The van der Waals surface area contributed by atoms with Gasteiger partial charge in [0.05, 0.1) is 11.8 Å². The second-order valence-electron chi connectivity index (χ2n) is 9.52. The van der Waals surface area contributed by atoms with E-state index in [2.05, 4.69) is 17.5 Å². The number of carbonyl (C=O) groups excluding carboxylic acids is 4. The molecule has 7 nitrogen and oxygen atoms in total. The van der Waals surface area contributed by atoms with Crippen LogP contribution in [-0.4, -0.2) is 41.2 Å². The molecule has 1 aromatic carbocycles. The average molecular weight is 454 g/mol. The van der Waals surface area contributed by atoms with Gasteiger partial charge in [-0.2, -0.15) is 0 Å². The number of amides is 3. The molecule has 1 saturated heterocycles. The zero-order valence-electron chi connectivity index (χ0n) is 18.4. The first-order chi connectivity index (χ1) is 15.9. The highest BCUT2D eigenvalue weighted by Crippen LogP contribution is 2.65. The molecular formula is C25H27FN2O5. The molecule has 1 N–H and O–H groups in total. The summed E-state index contributed by atoms with van der Waals surface area (Å²) < 4.78 is 18.3. The summed E-state index contributed by atoms with van der Waals surface area (Å²) in [5, 5.41) is 2.53. The maximum atomic E-state index is 13.4. The molecule has 174 valence electrons. The number of ether oxygens (including phenoxy) is 1. The Kier molecular flexibility index (Phi) is 5.54. The van der Waals surface area contributed by atoms with E-state index in [0.29, 0.717) is 30.4 Å². The SMILES string of the molecule is CCCC[C@@H](C(=O)OCC(=O)Nc1ccc(F)cc1)N1C(=O)[C@@H]2[C@@H]3C=C[C@H]([C@H]4C[C@@H]34)[C@@H]2C1=O. The Morgan fingerprint density at radius 2 is 1.70 bits per heavy atom. The molecule has 2 bridgehead atoms. The van der Waals surface area contributed by atoms with E-state index in [1.165, 1.54) is 24.3 Å². The molecule has 1 aromatic rings. The van der Waals surface area contributed by atoms with Crippen molar-refractivity contribution >= 4 is 29.4 Å². The minimum Gasteiger partial charge on any atom is -0.454 e.